The molecule has 2 aromatic carbocycles. The number of ether oxygens (including phenoxy) is 1. The quantitative estimate of drug-likeness (QED) is 0.0616. The topological polar surface area (TPSA) is 323 Å². The molecule has 27 heteroatoms. The summed E-state index contributed by atoms with van der Waals surface area (Å²) in [5.41, 5.74) is 8.75. The van der Waals surface area contributed by atoms with Gasteiger partial charge in [-0.1, -0.05) is 254 Å². The van der Waals surface area contributed by atoms with E-state index in [1.54, 1.807) is 96.1 Å². The summed E-state index contributed by atoms with van der Waals surface area (Å²) in [5, 5.41) is 58.6. The molecule has 0 aliphatic rings. The summed E-state index contributed by atoms with van der Waals surface area (Å²) >= 11 is 4.81. The fourth-order valence-corrected chi connectivity index (χ4v) is 11.1. The van der Waals surface area contributed by atoms with E-state index in [9.17, 15) is 14.7 Å². The van der Waals surface area contributed by atoms with Crippen molar-refractivity contribution < 1.29 is 46.5 Å². The molecule has 0 saturated carbocycles. The Hall–Kier alpha value is -10.4. The van der Waals surface area contributed by atoms with Crippen molar-refractivity contribution in [1.82, 2.24) is 71.3 Å². The molecule has 111 heavy (non-hydrogen) atoms. The van der Waals surface area contributed by atoms with Crippen molar-refractivity contribution in [2.45, 2.75) is 233 Å². The number of esters is 1. The van der Waals surface area contributed by atoms with Crippen LogP contribution in [0.1, 0.15) is 301 Å². The number of ketones is 1. The number of rotatable bonds is 18. The van der Waals surface area contributed by atoms with E-state index in [0.29, 0.717) is 59.5 Å². The van der Waals surface area contributed by atoms with Crippen molar-refractivity contribution >= 4 is 45.8 Å². The standard InChI is InChI=1S/C12H13NO.C11H12N2OS.2C10H11N3S.C9H13NO3.C8H11NO2.2C8H13NO.C7H11NO.CH4/c1-9(2)12-13-11(8-14-12)10-6-4-3-5-7-10;1-7(2)10-12-13-11(15-10)8-4-3-5-9(14)6-8;1-7(2)9-12-13-10(14-9)8-4-3-5-11-6-8;1-7(2)9-12-13-10(14-9)8-5-3-4-6-11-8;1-4-12-9(11)7-5-8(6(2)3)13-10-7;1-5(2)8-4-7(6(3)10)9-11-8;2*1-4-7-5-8(6(2)3)10-9-7;1-5(2)7-6(3)4-8-9-7;/h3-9H,1-2H3;3-7,14H,1-2H3;2*3-7H,1-2H3;5-6H,4H2,1-3H3;4-5H,1-3H3;2*5-6H,4H2,1-3H3;4-5H,1-3H3;1H4. The van der Waals surface area contributed by atoms with Crippen LogP contribution in [0.15, 0.2) is 167 Å². The van der Waals surface area contributed by atoms with Gasteiger partial charge in [0.2, 0.25) is 0 Å². The van der Waals surface area contributed by atoms with E-state index in [1.165, 1.54) is 6.92 Å². The third kappa shape index (κ3) is 31.9. The molecule has 0 unspecified atom stereocenters. The molecular weight excluding hydrogens is 1460 g/mol. The van der Waals surface area contributed by atoms with E-state index in [1.807, 2.05) is 120 Å². The van der Waals surface area contributed by atoms with Gasteiger partial charge in [0.1, 0.15) is 82.9 Å². The van der Waals surface area contributed by atoms with Crippen LogP contribution in [0.4, 0.5) is 0 Å². The Morgan fingerprint density at radius 2 is 0.937 bits per heavy atom. The second-order valence-electron chi connectivity index (χ2n) is 27.7. The summed E-state index contributed by atoms with van der Waals surface area (Å²) in [5.74, 6) is 8.47. The number of aromatic hydroxyl groups is 1. The molecule has 0 fully saturated rings. The smallest absolute Gasteiger partial charge is 0.360 e. The maximum Gasteiger partial charge on any atom is 0.360 e. The van der Waals surface area contributed by atoms with Crippen LogP contribution in [0, 0.1) is 6.92 Å². The van der Waals surface area contributed by atoms with Crippen LogP contribution in [0.5, 0.6) is 5.75 Å². The summed E-state index contributed by atoms with van der Waals surface area (Å²) in [6.07, 6.45) is 10.7. The molecule has 13 aromatic rings. The summed E-state index contributed by atoms with van der Waals surface area (Å²) in [6.45, 7) is 47.0. The highest BCUT2D eigenvalue weighted by Gasteiger charge is 2.17. The van der Waals surface area contributed by atoms with Gasteiger partial charge in [0.15, 0.2) is 22.4 Å². The minimum absolute atomic E-state index is 0. The number of oxazole rings is 1. The number of phenolic OH excluding ortho intramolecular Hbond substituents is 1. The summed E-state index contributed by atoms with van der Waals surface area (Å²) < 4.78 is 35.1. The van der Waals surface area contributed by atoms with Crippen LogP contribution in [0.3, 0.4) is 0 Å². The first kappa shape index (κ1) is 93.0. The average Bonchev–Trinajstić information content (AvgIpc) is 1.64. The van der Waals surface area contributed by atoms with Crippen molar-refractivity contribution in [3.05, 3.63) is 218 Å². The van der Waals surface area contributed by atoms with Gasteiger partial charge in [0.05, 0.1) is 24.2 Å². The zero-order chi connectivity index (χ0) is 81.0. The molecule has 0 aliphatic carbocycles. The first-order valence-electron chi connectivity index (χ1n) is 37.0. The van der Waals surface area contributed by atoms with E-state index in [4.69, 9.17) is 31.8 Å². The minimum Gasteiger partial charge on any atom is -0.508 e. The number of pyridine rings is 2. The molecule has 0 atom stereocenters. The number of phenols is 1. The van der Waals surface area contributed by atoms with Crippen LogP contribution >= 0.6 is 34.0 Å². The van der Waals surface area contributed by atoms with Crippen molar-refractivity contribution in [2.75, 3.05) is 6.61 Å². The van der Waals surface area contributed by atoms with E-state index >= 15 is 0 Å². The minimum atomic E-state index is -0.432. The number of benzene rings is 2. The molecule has 0 bridgehead atoms. The van der Waals surface area contributed by atoms with Crippen LogP contribution in [0.25, 0.3) is 43.1 Å². The van der Waals surface area contributed by atoms with Gasteiger partial charge in [-0.05, 0) is 63.1 Å². The number of aromatic nitrogens is 14. The number of hydrogen-bond acceptors (Lipinski definition) is 27. The molecule has 11 heterocycles. The lowest BCUT2D eigenvalue weighted by Crippen LogP contribution is -2.04. The van der Waals surface area contributed by atoms with E-state index < -0.39 is 5.97 Å². The molecule has 0 spiro atoms. The summed E-state index contributed by atoms with van der Waals surface area (Å²) in [4.78, 5) is 34.6. The lowest BCUT2D eigenvalue weighted by atomic mass is 10.1. The van der Waals surface area contributed by atoms with E-state index in [2.05, 4.69) is 182 Å². The van der Waals surface area contributed by atoms with Crippen LogP contribution in [0.2, 0.25) is 0 Å². The van der Waals surface area contributed by atoms with Crippen LogP contribution < -0.4 is 0 Å². The molecule has 0 amide bonds. The van der Waals surface area contributed by atoms with Gasteiger partial charge in [-0.15, -0.1) is 30.6 Å². The van der Waals surface area contributed by atoms with Gasteiger partial charge in [-0.2, -0.15) is 0 Å². The second kappa shape index (κ2) is 48.3. The van der Waals surface area contributed by atoms with Gasteiger partial charge in [0, 0.05) is 125 Å². The SMILES string of the molecule is C.CC(=O)c1cc(C(C)C)on1.CC(C)c1nc(-c2ccccc2)co1.CC(C)c1nnc(-c2cccc(O)c2)s1.CC(C)c1nnc(-c2ccccn2)s1.CC(C)c1nnc(-c2cccnc2)s1.CCOC(=O)c1cc(C(C)C)on1.CCc1cc(C(C)C)on1.CCc1cc(C(C)C)on1.Cc1cnoc1C(C)C. The fourth-order valence-electron chi connectivity index (χ4n) is 8.63. The average molecular weight is 1570 g/mol. The Kier molecular flexibility index (Phi) is 40.5. The van der Waals surface area contributed by atoms with Crippen molar-refractivity contribution in [1.29, 1.82) is 0 Å². The summed E-state index contributed by atoms with van der Waals surface area (Å²) in [6, 6.07) is 34.2. The molecule has 1 N–H and O–H groups in total. The number of carbonyl (C=O) groups excluding carboxylic acids is 2. The van der Waals surface area contributed by atoms with E-state index in [0.717, 1.165) is 117 Å². The second-order valence-corrected chi connectivity index (χ2v) is 30.7. The monoisotopic (exact) mass is 1570 g/mol. The molecule has 11 aromatic heterocycles. The van der Waals surface area contributed by atoms with Gasteiger partial charge in [-0.25, -0.2) is 9.78 Å². The molecule has 24 nitrogen and oxygen atoms in total. The maximum atomic E-state index is 11.1. The fraction of sp³-hybridized carbons (Fsp3) is 0.429. The number of hydrogen-bond donors (Lipinski definition) is 1. The molecule has 0 saturated heterocycles. The Bertz CT molecular complexity index is 4440. The molecule has 596 valence electrons. The highest BCUT2D eigenvalue weighted by molar-refractivity contribution is 7.15. The number of Topliss-reactive ketones (excluding diaryl/α,β-unsaturated/α-hetero) is 1. The first-order valence-corrected chi connectivity index (χ1v) is 39.4. The summed E-state index contributed by atoms with van der Waals surface area (Å²) in [7, 11) is 0. The Morgan fingerprint density at radius 1 is 0.459 bits per heavy atom. The van der Waals surface area contributed by atoms with Crippen LogP contribution in [-0.4, -0.2) is 94.8 Å². The number of nitrogens with zero attached hydrogens (tertiary/aromatic N) is 14. The first-order chi connectivity index (χ1) is 52.4. The Morgan fingerprint density at radius 3 is 1.32 bits per heavy atom. The predicted octanol–water partition coefficient (Wildman–Crippen LogP) is 23.4. The third-order valence-electron chi connectivity index (χ3n) is 15.1. The van der Waals surface area contributed by atoms with E-state index in [-0.39, 0.29) is 36.5 Å². The van der Waals surface area contributed by atoms with Gasteiger partial charge < -0.3 is 36.9 Å². The molecule has 0 radical (unpaired) electrons. The van der Waals surface area contributed by atoms with Crippen molar-refractivity contribution in [2.24, 2.45) is 0 Å². The molecule has 0 aliphatic heterocycles. The van der Waals surface area contributed by atoms with Crippen molar-refractivity contribution in [3.8, 4) is 48.9 Å². The predicted molar refractivity (Wildman–Crippen MR) is 441 cm³/mol. The maximum absolute atomic E-state index is 11.1. The highest BCUT2D eigenvalue weighted by atomic mass is 32.1. The largest absolute Gasteiger partial charge is 0.508 e. The number of aryl methyl sites for hydroxylation is 3. The zero-order valence-electron chi connectivity index (χ0n) is 67.7. The third-order valence-corrected chi connectivity index (χ3v) is 18.9. The zero-order valence-corrected chi connectivity index (χ0v) is 70.2. The molecular formula is C84H112N14O10S3. The lowest BCUT2D eigenvalue weighted by Gasteiger charge is -1.96. The number of carbonyl (C=O) groups is 2. The van der Waals surface area contributed by atoms with Crippen LogP contribution in [-0.2, 0) is 17.6 Å². The van der Waals surface area contributed by atoms with Gasteiger partial charge in [-0.3, -0.25) is 14.8 Å². The normalized spacial score (nSPS) is 10.6. The Balaban J connectivity index is 0.000000264. The highest BCUT2D eigenvalue weighted by Crippen LogP contribution is 2.31. The Labute approximate surface area is 666 Å². The van der Waals surface area contributed by atoms with Gasteiger partial charge in [0.25, 0.3) is 0 Å². The lowest BCUT2D eigenvalue weighted by molar-refractivity contribution is 0.0514. The molecule has 13 rings (SSSR count). The van der Waals surface area contributed by atoms with Crippen molar-refractivity contribution in [3.63, 3.8) is 0 Å². The van der Waals surface area contributed by atoms with Gasteiger partial charge >= 0.3 is 5.97 Å².